The van der Waals surface area contributed by atoms with Crippen LogP contribution in [0.4, 0.5) is 8.78 Å². The molecule has 84 valence electrons. The largest absolute Gasteiger partial charge is 0.303 e. The lowest BCUT2D eigenvalue weighted by Crippen LogP contribution is -1.99. The van der Waals surface area contributed by atoms with Gasteiger partial charge in [-0.3, -0.25) is 5.10 Å². The molecule has 6 heteroatoms. The molecule has 0 unspecified atom stereocenters. The zero-order valence-electron chi connectivity index (χ0n) is 8.71. The fourth-order valence-electron chi connectivity index (χ4n) is 1.43. The number of aromatic amines is 1. The van der Waals surface area contributed by atoms with Crippen LogP contribution in [0.15, 0.2) is 12.1 Å². The summed E-state index contributed by atoms with van der Waals surface area (Å²) >= 11 is 4.89. The number of hydrogen-bond donors (Lipinski definition) is 1. The van der Waals surface area contributed by atoms with Crippen molar-refractivity contribution in [2.75, 3.05) is 0 Å². The minimum absolute atomic E-state index is 0.156. The number of nitrogens with one attached hydrogen (secondary N) is 1. The van der Waals surface area contributed by atoms with E-state index in [1.54, 1.807) is 14.0 Å². The second kappa shape index (κ2) is 3.79. The molecule has 3 nitrogen and oxygen atoms in total. The smallest absolute Gasteiger partial charge is 0.195 e. The zero-order valence-corrected chi connectivity index (χ0v) is 9.53. The summed E-state index contributed by atoms with van der Waals surface area (Å²) in [6.45, 7) is 1.57. The number of nitrogens with zero attached hydrogens (tertiary/aromatic N) is 2. The molecule has 2 rings (SSSR count). The second-order valence-electron chi connectivity index (χ2n) is 3.46. The summed E-state index contributed by atoms with van der Waals surface area (Å²) in [5, 5.41) is 6.31. The van der Waals surface area contributed by atoms with Crippen LogP contribution >= 0.6 is 12.2 Å². The van der Waals surface area contributed by atoms with E-state index >= 15 is 0 Å². The zero-order chi connectivity index (χ0) is 11.9. The van der Waals surface area contributed by atoms with E-state index in [-0.39, 0.29) is 11.4 Å². The van der Waals surface area contributed by atoms with Gasteiger partial charge in [0.1, 0.15) is 11.6 Å². The van der Waals surface area contributed by atoms with Gasteiger partial charge in [-0.1, -0.05) is 6.07 Å². The predicted molar refractivity (Wildman–Crippen MR) is 58.5 cm³/mol. The van der Waals surface area contributed by atoms with Crippen molar-refractivity contribution in [3.63, 3.8) is 0 Å². The summed E-state index contributed by atoms with van der Waals surface area (Å²) in [6, 6.07) is 2.60. The Bertz CT molecular complexity index is 601. The molecule has 16 heavy (non-hydrogen) atoms. The summed E-state index contributed by atoms with van der Waals surface area (Å²) in [6.07, 6.45) is 0. The number of aromatic nitrogens is 3. The van der Waals surface area contributed by atoms with E-state index in [0.717, 1.165) is 0 Å². The number of H-pyrrole nitrogens is 1. The third-order valence-electron chi connectivity index (χ3n) is 2.39. The van der Waals surface area contributed by atoms with Crippen molar-refractivity contribution in [3.05, 3.63) is 34.1 Å². The lowest BCUT2D eigenvalue weighted by atomic mass is 10.1. The number of rotatable bonds is 1. The number of aryl methyl sites for hydroxylation is 1. The molecule has 1 aromatic carbocycles. The number of halogens is 2. The quantitative estimate of drug-likeness (QED) is 0.779. The molecule has 0 spiro atoms. The van der Waals surface area contributed by atoms with Gasteiger partial charge >= 0.3 is 0 Å². The third-order valence-corrected chi connectivity index (χ3v) is 2.75. The van der Waals surface area contributed by atoms with Gasteiger partial charge in [-0.2, -0.15) is 5.10 Å². The molecule has 0 radical (unpaired) electrons. The summed E-state index contributed by atoms with van der Waals surface area (Å²) in [7, 11) is 1.60. The molecule has 0 aliphatic carbocycles. The van der Waals surface area contributed by atoms with Gasteiger partial charge in [-0.05, 0) is 30.8 Å². The van der Waals surface area contributed by atoms with Crippen LogP contribution in [-0.4, -0.2) is 14.8 Å². The molecule has 0 saturated heterocycles. The molecule has 1 N–H and O–H groups in total. The van der Waals surface area contributed by atoms with E-state index < -0.39 is 11.6 Å². The molecule has 0 aliphatic rings. The van der Waals surface area contributed by atoms with Crippen molar-refractivity contribution in [3.8, 4) is 11.4 Å². The van der Waals surface area contributed by atoms with Gasteiger partial charge < -0.3 is 4.57 Å². The molecular weight excluding hydrogens is 232 g/mol. The van der Waals surface area contributed by atoms with E-state index in [1.165, 1.54) is 16.7 Å². The van der Waals surface area contributed by atoms with Gasteiger partial charge in [0.2, 0.25) is 0 Å². The maximum Gasteiger partial charge on any atom is 0.195 e. The van der Waals surface area contributed by atoms with Gasteiger partial charge in [-0.15, -0.1) is 0 Å². The minimum atomic E-state index is -0.653. The van der Waals surface area contributed by atoms with Crippen LogP contribution in [0, 0.1) is 23.3 Å². The first-order valence-corrected chi connectivity index (χ1v) is 4.99. The Hall–Kier alpha value is -1.56. The van der Waals surface area contributed by atoms with Crippen molar-refractivity contribution in [2.24, 2.45) is 7.05 Å². The van der Waals surface area contributed by atoms with Crippen LogP contribution in [0.5, 0.6) is 0 Å². The molecule has 0 fully saturated rings. The summed E-state index contributed by atoms with van der Waals surface area (Å²) < 4.78 is 29.1. The highest BCUT2D eigenvalue weighted by Crippen LogP contribution is 2.25. The molecule has 1 heterocycles. The highest BCUT2D eigenvalue weighted by atomic mass is 32.1. The Morgan fingerprint density at radius 1 is 1.38 bits per heavy atom. The first kappa shape index (κ1) is 10.9. The first-order chi connectivity index (χ1) is 7.52. The van der Waals surface area contributed by atoms with E-state index in [4.69, 9.17) is 12.2 Å². The van der Waals surface area contributed by atoms with Crippen LogP contribution in [0.3, 0.4) is 0 Å². The maximum atomic E-state index is 13.8. The van der Waals surface area contributed by atoms with Crippen LogP contribution in [0.2, 0.25) is 0 Å². The molecule has 0 bridgehead atoms. The summed E-state index contributed by atoms with van der Waals surface area (Å²) in [5.41, 5.74) is 0.208. The Labute approximate surface area is 95.7 Å². The number of benzene rings is 1. The van der Waals surface area contributed by atoms with Crippen molar-refractivity contribution in [1.82, 2.24) is 14.8 Å². The topological polar surface area (TPSA) is 33.6 Å². The summed E-state index contributed by atoms with van der Waals surface area (Å²) in [4.78, 5) is 0. The molecular formula is C10H9F2N3S. The fourth-order valence-corrected chi connectivity index (χ4v) is 1.56. The standard InChI is InChI=1S/C10H9F2N3S/c1-5-3-4-6(11)7(8(5)12)9-13-14-10(16)15(9)2/h3-4H,1-2H3,(H,14,16). The second-order valence-corrected chi connectivity index (χ2v) is 3.85. The summed E-state index contributed by atoms with van der Waals surface area (Å²) in [5.74, 6) is -1.11. The Morgan fingerprint density at radius 3 is 2.62 bits per heavy atom. The van der Waals surface area contributed by atoms with Gasteiger partial charge in [0.25, 0.3) is 0 Å². The van der Waals surface area contributed by atoms with Crippen molar-refractivity contribution in [1.29, 1.82) is 0 Å². The monoisotopic (exact) mass is 241 g/mol. The van der Waals surface area contributed by atoms with E-state index in [0.29, 0.717) is 10.3 Å². The Morgan fingerprint density at radius 2 is 2.06 bits per heavy atom. The molecule has 1 aromatic heterocycles. The highest BCUT2D eigenvalue weighted by Gasteiger charge is 2.17. The van der Waals surface area contributed by atoms with Crippen LogP contribution in [0.1, 0.15) is 5.56 Å². The molecule has 2 aromatic rings. The average molecular weight is 241 g/mol. The minimum Gasteiger partial charge on any atom is -0.303 e. The Kier molecular flexibility index (Phi) is 2.59. The van der Waals surface area contributed by atoms with Crippen LogP contribution in [-0.2, 0) is 7.05 Å². The highest BCUT2D eigenvalue weighted by molar-refractivity contribution is 7.71. The fraction of sp³-hybridized carbons (Fsp3) is 0.200. The molecule has 0 aliphatic heterocycles. The van der Waals surface area contributed by atoms with Gasteiger partial charge in [0.05, 0.1) is 5.56 Å². The molecule has 0 saturated carbocycles. The van der Waals surface area contributed by atoms with Crippen molar-refractivity contribution in [2.45, 2.75) is 6.92 Å². The van der Waals surface area contributed by atoms with E-state index in [9.17, 15) is 8.78 Å². The van der Waals surface area contributed by atoms with Crippen molar-refractivity contribution < 1.29 is 8.78 Å². The molecule has 0 amide bonds. The lowest BCUT2D eigenvalue weighted by Gasteiger charge is -2.06. The van der Waals surface area contributed by atoms with Gasteiger partial charge in [0, 0.05) is 7.05 Å². The molecule has 0 atom stereocenters. The maximum absolute atomic E-state index is 13.8. The van der Waals surface area contributed by atoms with Gasteiger partial charge in [-0.25, -0.2) is 8.78 Å². The van der Waals surface area contributed by atoms with E-state index in [1.807, 2.05) is 0 Å². The average Bonchev–Trinajstić information content (AvgIpc) is 2.56. The SMILES string of the molecule is Cc1ccc(F)c(-c2n[nH]c(=S)n2C)c1F. The third kappa shape index (κ3) is 1.55. The van der Waals surface area contributed by atoms with E-state index in [2.05, 4.69) is 10.2 Å². The lowest BCUT2D eigenvalue weighted by molar-refractivity contribution is 0.580. The van der Waals surface area contributed by atoms with Crippen LogP contribution < -0.4 is 0 Å². The normalized spacial score (nSPS) is 10.8. The Balaban J connectivity index is 2.78. The van der Waals surface area contributed by atoms with Crippen LogP contribution in [0.25, 0.3) is 11.4 Å². The van der Waals surface area contributed by atoms with Gasteiger partial charge in [0.15, 0.2) is 10.6 Å². The first-order valence-electron chi connectivity index (χ1n) is 4.58. The number of hydrogen-bond acceptors (Lipinski definition) is 2. The van der Waals surface area contributed by atoms with Crippen molar-refractivity contribution >= 4 is 12.2 Å². The predicted octanol–water partition coefficient (Wildman–Crippen LogP) is 2.73.